The van der Waals surface area contributed by atoms with E-state index in [-0.39, 0.29) is 24.7 Å². The minimum Gasteiger partial charge on any atom is -0.242 e. The van der Waals surface area contributed by atoms with Gasteiger partial charge in [0.2, 0.25) is 5.82 Å². The second-order valence-corrected chi connectivity index (χ2v) is 6.82. The lowest BCUT2D eigenvalue weighted by atomic mass is 10.2. The van der Waals surface area contributed by atoms with Crippen molar-refractivity contribution < 1.29 is 8.78 Å². The molecule has 0 saturated heterocycles. The summed E-state index contributed by atoms with van der Waals surface area (Å²) < 4.78 is 31.4. The molecule has 0 unspecified atom stereocenters. The first-order valence-corrected chi connectivity index (χ1v) is 9.38. The molecule has 8 heteroatoms. The maximum atomic E-state index is 14.5. The molecule has 0 spiro atoms. The molecule has 0 amide bonds. The van der Waals surface area contributed by atoms with E-state index in [9.17, 15) is 8.78 Å². The van der Waals surface area contributed by atoms with Gasteiger partial charge in [0.15, 0.2) is 5.65 Å². The maximum Gasteiger partial charge on any atom is 0.308 e. The van der Waals surface area contributed by atoms with Crippen LogP contribution in [0.4, 0.5) is 8.78 Å². The average Bonchev–Trinajstić information content (AvgIpc) is 3.31. The standard InChI is InChI=1S/C22H16F2N6/c23-18-11-5-4-9-16(18)14-29-21-17(10-6-12-25-21)19(27-29)20-26-22(24)30(28-20)13-15-7-2-1-3-8-15/h1-12H,13-14H2. The molecule has 0 bridgehead atoms. The number of halogens is 2. The highest BCUT2D eigenvalue weighted by Gasteiger charge is 2.20. The predicted molar refractivity (Wildman–Crippen MR) is 108 cm³/mol. The normalized spacial score (nSPS) is 11.3. The van der Waals surface area contributed by atoms with Gasteiger partial charge in [-0.15, -0.1) is 5.10 Å². The number of hydrogen-bond donors (Lipinski definition) is 0. The molecule has 0 aliphatic carbocycles. The first kappa shape index (κ1) is 18.1. The highest BCUT2D eigenvalue weighted by Crippen LogP contribution is 2.25. The minimum atomic E-state index is -0.699. The van der Waals surface area contributed by atoms with Gasteiger partial charge in [-0.3, -0.25) is 0 Å². The summed E-state index contributed by atoms with van der Waals surface area (Å²) in [6, 6.07) is 19.5. The van der Waals surface area contributed by atoms with Gasteiger partial charge in [-0.2, -0.15) is 14.5 Å². The molecule has 0 N–H and O–H groups in total. The summed E-state index contributed by atoms with van der Waals surface area (Å²) in [5.74, 6) is -0.163. The van der Waals surface area contributed by atoms with Crippen molar-refractivity contribution in [3.8, 4) is 11.5 Å². The quantitative estimate of drug-likeness (QED) is 0.445. The number of rotatable bonds is 5. The van der Waals surface area contributed by atoms with Gasteiger partial charge in [0.25, 0.3) is 0 Å². The van der Waals surface area contributed by atoms with Crippen molar-refractivity contribution in [3.05, 3.63) is 95.9 Å². The van der Waals surface area contributed by atoms with Crippen LogP contribution in [0.15, 0.2) is 72.9 Å². The zero-order valence-electron chi connectivity index (χ0n) is 15.8. The zero-order chi connectivity index (χ0) is 20.5. The minimum absolute atomic E-state index is 0.161. The van der Waals surface area contributed by atoms with E-state index in [2.05, 4.69) is 20.2 Å². The summed E-state index contributed by atoms with van der Waals surface area (Å²) in [7, 11) is 0. The zero-order valence-corrected chi connectivity index (χ0v) is 15.8. The van der Waals surface area contributed by atoms with Crippen LogP contribution >= 0.6 is 0 Å². The van der Waals surface area contributed by atoms with E-state index in [0.29, 0.717) is 22.3 Å². The fourth-order valence-electron chi connectivity index (χ4n) is 3.35. The number of fused-ring (bicyclic) bond motifs is 1. The lowest BCUT2D eigenvalue weighted by Gasteiger charge is -2.04. The van der Waals surface area contributed by atoms with Gasteiger partial charge in [-0.05, 0) is 23.8 Å². The molecule has 6 nitrogen and oxygen atoms in total. The summed E-state index contributed by atoms with van der Waals surface area (Å²) in [5, 5.41) is 9.53. The third-order valence-electron chi connectivity index (χ3n) is 4.80. The van der Waals surface area contributed by atoms with Crippen molar-refractivity contribution in [1.29, 1.82) is 0 Å². The van der Waals surface area contributed by atoms with E-state index in [4.69, 9.17) is 0 Å². The molecular weight excluding hydrogens is 386 g/mol. The van der Waals surface area contributed by atoms with Crippen molar-refractivity contribution in [1.82, 2.24) is 29.5 Å². The Morgan fingerprint density at radius 1 is 0.767 bits per heavy atom. The molecule has 5 rings (SSSR count). The predicted octanol–water partition coefficient (Wildman–Crippen LogP) is 4.06. The van der Waals surface area contributed by atoms with Crippen LogP contribution in [0, 0.1) is 11.9 Å². The summed E-state index contributed by atoms with van der Waals surface area (Å²) in [6.45, 7) is 0.444. The summed E-state index contributed by atoms with van der Waals surface area (Å²) in [5.41, 5.74) is 2.34. The number of benzene rings is 2. The van der Waals surface area contributed by atoms with Gasteiger partial charge in [0, 0.05) is 11.8 Å². The van der Waals surface area contributed by atoms with Crippen molar-refractivity contribution in [2.75, 3.05) is 0 Å². The van der Waals surface area contributed by atoms with Crippen LogP contribution in [0.2, 0.25) is 0 Å². The Bertz CT molecular complexity index is 1330. The Morgan fingerprint density at radius 3 is 2.40 bits per heavy atom. The van der Waals surface area contributed by atoms with Crippen molar-refractivity contribution >= 4 is 11.0 Å². The average molecular weight is 402 g/mol. The molecule has 148 valence electrons. The highest BCUT2D eigenvalue weighted by atomic mass is 19.1. The van der Waals surface area contributed by atoms with E-state index in [1.54, 1.807) is 35.1 Å². The van der Waals surface area contributed by atoms with Crippen LogP contribution < -0.4 is 0 Å². The summed E-state index contributed by atoms with van der Waals surface area (Å²) in [6.07, 6.45) is 0.933. The largest absolute Gasteiger partial charge is 0.308 e. The van der Waals surface area contributed by atoms with Gasteiger partial charge in [0.05, 0.1) is 18.5 Å². The van der Waals surface area contributed by atoms with Crippen LogP contribution in [0.25, 0.3) is 22.6 Å². The third kappa shape index (κ3) is 3.32. The van der Waals surface area contributed by atoms with E-state index >= 15 is 0 Å². The van der Waals surface area contributed by atoms with Crippen LogP contribution in [0.5, 0.6) is 0 Å². The molecule has 0 radical (unpaired) electrons. The molecular formula is C22H16F2N6. The first-order chi connectivity index (χ1) is 14.7. The number of pyridine rings is 1. The van der Waals surface area contributed by atoms with Crippen LogP contribution in [0.1, 0.15) is 11.1 Å². The SMILES string of the molecule is Fc1ccccc1Cn1nc(-c2nc(F)n(Cc3ccccc3)n2)c2cccnc21. The summed E-state index contributed by atoms with van der Waals surface area (Å²) >= 11 is 0. The second-order valence-electron chi connectivity index (χ2n) is 6.82. The topological polar surface area (TPSA) is 61.4 Å². The maximum absolute atomic E-state index is 14.5. The third-order valence-corrected chi connectivity index (χ3v) is 4.80. The van der Waals surface area contributed by atoms with Crippen molar-refractivity contribution in [2.45, 2.75) is 13.1 Å². The number of nitrogens with zero attached hydrogens (tertiary/aromatic N) is 6. The smallest absolute Gasteiger partial charge is 0.242 e. The Labute approximate surface area is 170 Å². The Balaban J connectivity index is 1.55. The second kappa shape index (κ2) is 7.47. The molecule has 5 aromatic rings. The van der Waals surface area contributed by atoms with Gasteiger partial charge in [-0.25, -0.2) is 18.7 Å². The molecule has 3 aromatic heterocycles. The van der Waals surface area contributed by atoms with Gasteiger partial charge in [-0.1, -0.05) is 48.5 Å². The molecule has 30 heavy (non-hydrogen) atoms. The van der Waals surface area contributed by atoms with Crippen LogP contribution in [-0.2, 0) is 13.1 Å². The molecule has 0 saturated carbocycles. The number of hydrogen-bond acceptors (Lipinski definition) is 4. The molecule has 2 aromatic carbocycles. The molecule has 0 aliphatic heterocycles. The lowest BCUT2D eigenvalue weighted by molar-refractivity contribution is 0.457. The first-order valence-electron chi connectivity index (χ1n) is 9.38. The van der Waals surface area contributed by atoms with Gasteiger partial charge >= 0.3 is 6.08 Å². The monoisotopic (exact) mass is 402 g/mol. The number of aromatic nitrogens is 6. The molecule has 0 atom stereocenters. The molecule has 3 heterocycles. The Hall–Kier alpha value is -3.94. The molecule has 0 fully saturated rings. The van der Waals surface area contributed by atoms with Crippen LogP contribution in [0.3, 0.4) is 0 Å². The fraction of sp³-hybridized carbons (Fsp3) is 0.0909. The van der Waals surface area contributed by atoms with Gasteiger partial charge < -0.3 is 0 Å². The van der Waals surface area contributed by atoms with E-state index in [1.807, 2.05) is 36.4 Å². The Morgan fingerprint density at radius 2 is 1.57 bits per heavy atom. The van der Waals surface area contributed by atoms with E-state index < -0.39 is 6.08 Å². The molecule has 0 aliphatic rings. The van der Waals surface area contributed by atoms with Crippen molar-refractivity contribution in [2.24, 2.45) is 0 Å². The van der Waals surface area contributed by atoms with E-state index in [0.717, 1.165) is 5.56 Å². The van der Waals surface area contributed by atoms with Crippen molar-refractivity contribution in [3.63, 3.8) is 0 Å². The van der Waals surface area contributed by atoms with Crippen LogP contribution in [-0.4, -0.2) is 29.5 Å². The van der Waals surface area contributed by atoms with E-state index in [1.165, 1.54) is 10.7 Å². The lowest BCUT2D eigenvalue weighted by Crippen LogP contribution is -2.05. The fourth-order valence-corrected chi connectivity index (χ4v) is 3.35. The van der Waals surface area contributed by atoms with Gasteiger partial charge in [0.1, 0.15) is 11.5 Å². The Kier molecular flexibility index (Phi) is 4.51. The highest BCUT2D eigenvalue weighted by molar-refractivity contribution is 5.89. The summed E-state index contributed by atoms with van der Waals surface area (Å²) in [4.78, 5) is 8.34.